The molecule has 2 N–H and O–H groups in total. The molecule has 0 atom stereocenters. The Morgan fingerprint density at radius 3 is 2.25 bits per heavy atom. The Bertz CT molecular complexity index is 221. The number of carboxylic acid groups (broad SMARTS) is 1. The predicted molar refractivity (Wildman–Crippen MR) is 33.7 cm³/mol. The summed E-state index contributed by atoms with van der Waals surface area (Å²) < 4.78 is 24.3. The topological polar surface area (TPSA) is 66.4 Å². The number of rotatable bonds is 1. The number of alkyl halides is 2. The van der Waals surface area contributed by atoms with Gasteiger partial charge in [0.05, 0.1) is 0 Å². The van der Waals surface area contributed by atoms with E-state index >= 15 is 0 Å². The molecule has 0 aromatic carbocycles. The summed E-state index contributed by atoms with van der Waals surface area (Å²) in [6, 6.07) is -0.691. The first-order chi connectivity index (χ1) is 5.41. The van der Waals surface area contributed by atoms with Crippen LogP contribution in [0, 0.1) is 0 Å². The average Bonchev–Trinajstić information content (AvgIpc) is 1.83. The highest BCUT2D eigenvalue weighted by molar-refractivity contribution is 6.31. The van der Waals surface area contributed by atoms with E-state index in [4.69, 9.17) is 5.11 Å². The van der Waals surface area contributed by atoms with Crippen LogP contribution < -0.4 is 5.32 Å². The molecule has 0 heterocycles. The van der Waals surface area contributed by atoms with Crippen LogP contribution in [0.5, 0.6) is 0 Å². The molecule has 0 unspecified atom stereocenters. The van der Waals surface area contributed by atoms with Crippen LogP contribution in [0.15, 0.2) is 0 Å². The molecule has 0 aromatic rings. The second-order valence-corrected chi connectivity index (χ2v) is 2.74. The highest BCUT2D eigenvalue weighted by Crippen LogP contribution is 2.37. The van der Waals surface area contributed by atoms with E-state index in [1.54, 1.807) is 0 Å². The Kier molecular flexibility index (Phi) is 1.99. The van der Waals surface area contributed by atoms with Crippen LogP contribution in [0.3, 0.4) is 0 Å². The lowest BCUT2D eigenvalue weighted by Crippen LogP contribution is -2.52. The molecule has 0 aliphatic heterocycles. The fourth-order valence-corrected chi connectivity index (χ4v) is 1.01. The maximum absolute atomic E-state index is 12.1. The van der Waals surface area contributed by atoms with Gasteiger partial charge < -0.3 is 10.4 Å². The van der Waals surface area contributed by atoms with Gasteiger partial charge in [-0.1, -0.05) is 0 Å². The molecular weight excluding hydrogens is 172 g/mol. The summed E-state index contributed by atoms with van der Waals surface area (Å²) in [6.45, 7) is 0. The van der Waals surface area contributed by atoms with Crippen molar-refractivity contribution >= 4 is 11.9 Å². The van der Waals surface area contributed by atoms with Crippen molar-refractivity contribution in [3.8, 4) is 0 Å². The van der Waals surface area contributed by atoms with Crippen LogP contribution >= 0.6 is 0 Å². The fourth-order valence-electron chi connectivity index (χ4n) is 1.01. The lowest BCUT2D eigenvalue weighted by atomic mass is 9.88. The van der Waals surface area contributed by atoms with Gasteiger partial charge in [-0.3, -0.25) is 4.79 Å². The molecule has 4 nitrogen and oxygen atoms in total. The molecule has 0 spiro atoms. The zero-order valence-electron chi connectivity index (χ0n) is 6.01. The normalized spacial score (nSPS) is 21.2. The minimum Gasteiger partial charge on any atom is -0.474 e. The van der Waals surface area contributed by atoms with Crippen molar-refractivity contribution in [1.82, 2.24) is 5.32 Å². The first-order valence-electron chi connectivity index (χ1n) is 3.32. The Balaban J connectivity index is 2.28. The lowest BCUT2D eigenvalue weighted by Gasteiger charge is -2.34. The van der Waals surface area contributed by atoms with E-state index in [9.17, 15) is 18.4 Å². The van der Waals surface area contributed by atoms with E-state index < -0.39 is 36.7 Å². The minimum absolute atomic E-state index is 0.466. The van der Waals surface area contributed by atoms with Crippen molar-refractivity contribution in [2.45, 2.75) is 24.8 Å². The van der Waals surface area contributed by atoms with E-state index in [0.29, 0.717) is 0 Å². The molecule has 0 radical (unpaired) electrons. The Morgan fingerprint density at radius 2 is 1.92 bits per heavy atom. The average molecular weight is 179 g/mol. The molecule has 1 amide bonds. The third kappa shape index (κ3) is 1.90. The van der Waals surface area contributed by atoms with Gasteiger partial charge in [-0.2, -0.15) is 0 Å². The number of aliphatic carboxylic acids is 1. The number of hydrogen-bond donors (Lipinski definition) is 2. The molecule has 6 heteroatoms. The van der Waals surface area contributed by atoms with Crippen molar-refractivity contribution in [3.63, 3.8) is 0 Å². The minimum atomic E-state index is -2.74. The van der Waals surface area contributed by atoms with Gasteiger partial charge in [-0.15, -0.1) is 0 Å². The van der Waals surface area contributed by atoms with Gasteiger partial charge >= 0.3 is 11.9 Å². The molecular formula is C6H7F2NO3. The molecule has 1 fully saturated rings. The molecule has 0 aromatic heterocycles. The molecule has 0 bridgehead atoms. The summed E-state index contributed by atoms with van der Waals surface area (Å²) in [5, 5.41) is 10.0. The van der Waals surface area contributed by atoms with Gasteiger partial charge in [0.15, 0.2) is 0 Å². The zero-order chi connectivity index (χ0) is 9.35. The highest BCUT2D eigenvalue weighted by atomic mass is 19.3. The smallest absolute Gasteiger partial charge is 0.394 e. The van der Waals surface area contributed by atoms with Gasteiger partial charge in [0.1, 0.15) is 0 Å². The van der Waals surface area contributed by atoms with E-state index in [1.165, 1.54) is 0 Å². The third-order valence-corrected chi connectivity index (χ3v) is 1.62. The maximum Gasteiger partial charge on any atom is 0.394 e. The number of nitrogens with one attached hydrogen (secondary N) is 1. The zero-order valence-corrected chi connectivity index (χ0v) is 6.01. The van der Waals surface area contributed by atoms with Gasteiger partial charge in [0, 0.05) is 18.9 Å². The fraction of sp³-hybridized carbons (Fsp3) is 0.667. The van der Waals surface area contributed by atoms with Crippen molar-refractivity contribution in [3.05, 3.63) is 0 Å². The van der Waals surface area contributed by atoms with Crippen LogP contribution in [0.25, 0.3) is 0 Å². The first-order valence-corrected chi connectivity index (χ1v) is 3.32. The number of halogens is 2. The number of carboxylic acids is 1. The van der Waals surface area contributed by atoms with E-state index in [1.807, 2.05) is 5.32 Å². The number of amides is 1. The van der Waals surface area contributed by atoms with E-state index in [0.717, 1.165) is 0 Å². The summed E-state index contributed by atoms with van der Waals surface area (Å²) in [7, 11) is 0. The van der Waals surface area contributed by atoms with E-state index in [2.05, 4.69) is 0 Å². The standard InChI is InChI=1S/C6H7F2NO3/c7-6(8)1-3(2-6)9-4(10)5(11)12/h3H,1-2H2,(H,9,10)(H,11,12). The molecule has 1 aliphatic carbocycles. The lowest BCUT2D eigenvalue weighted by molar-refractivity contribution is -0.153. The van der Waals surface area contributed by atoms with Crippen LogP contribution in [0.2, 0.25) is 0 Å². The second kappa shape index (κ2) is 2.69. The first kappa shape index (κ1) is 8.89. The van der Waals surface area contributed by atoms with Crippen LogP contribution in [0.1, 0.15) is 12.8 Å². The highest BCUT2D eigenvalue weighted by Gasteiger charge is 2.46. The predicted octanol–water partition coefficient (Wildman–Crippen LogP) is -0.0151. The number of carbonyl (C=O) groups excluding carboxylic acids is 1. The van der Waals surface area contributed by atoms with Crippen LogP contribution in [-0.4, -0.2) is 28.9 Å². The van der Waals surface area contributed by atoms with Crippen molar-refractivity contribution in [2.75, 3.05) is 0 Å². The molecule has 68 valence electrons. The SMILES string of the molecule is O=C(O)C(=O)NC1CC(F)(F)C1. The van der Waals surface area contributed by atoms with Gasteiger partial charge in [0.2, 0.25) is 0 Å². The Labute approximate surface area is 66.6 Å². The molecule has 1 saturated carbocycles. The third-order valence-electron chi connectivity index (χ3n) is 1.62. The Hall–Kier alpha value is -1.20. The summed E-state index contributed by atoms with van der Waals surface area (Å²) >= 11 is 0. The van der Waals surface area contributed by atoms with Crippen LogP contribution in [-0.2, 0) is 9.59 Å². The summed E-state index contributed by atoms with van der Waals surface area (Å²) in [6.07, 6.45) is -0.933. The summed E-state index contributed by atoms with van der Waals surface area (Å²) in [5.41, 5.74) is 0. The monoisotopic (exact) mass is 179 g/mol. The molecule has 1 aliphatic rings. The van der Waals surface area contributed by atoms with Gasteiger partial charge in [-0.05, 0) is 0 Å². The molecule has 12 heavy (non-hydrogen) atoms. The molecule has 0 saturated heterocycles. The quantitative estimate of drug-likeness (QED) is 0.556. The van der Waals surface area contributed by atoms with Crippen molar-refractivity contribution < 1.29 is 23.5 Å². The van der Waals surface area contributed by atoms with Crippen LogP contribution in [0.4, 0.5) is 8.78 Å². The summed E-state index contributed by atoms with van der Waals surface area (Å²) in [4.78, 5) is 20.3. The maximum atomic E-state index is 12.1. The van der Waals surface area contributed by atoms with Gasteiger partial charge in [-0.25, -0.2) is 13.6 Å². The Morgan fingerprint density at radius 1 is 1.42 bits per heavy atom. The number of carbonyl (C=O) groups is 2. The van der Waals surface area contributed by atoms with Crippen molar-refractivity contribution in [2.24, 2.45) is 0 Å². The van der Waals surface area contributed by atoms with Gasteiger partial charge in [0.25, 0.3) is 5.92 Å². The number of hydrogen-bond acceptors (Lipinski definition) is 2. The largest absolute Gasteiger partial charge is 0.474 e. The molecule has 1 rings (SSSR count). The second-order valence-electron chi connectivity index (χ2n) is 2.74. The van der Waals surface area contributed by atoms with E-state index in [-0.39, 0.29) is 0 Å². The summed E-state index contributed by atoms with van der Waals surface area (Å²) in [5.74, 6) is -5.61. The van der Waals surface area contributed by atoms with Crippen molar-refractivity contribution in [1.29, 1.82) is 0 Å².